The summed E-state index contributed by atoms with van der Waals surface area (Å²) < 4.78 is 12.5. The number of fused-ring (bicyclic) bond motifs is 2. The van der Waals surface area contributed by atoms with Crippen molar-refractivity contribution in [2.75, 3.05) is 26.3 Å². The molecule has 1 N–H and O–H groups in total. The molecule has 8 nitrogen and oxygen atoms in total. The third-order valence-corrected chi connectivity index (χ3v) is 8.87. The quantitative estimate of drug-likeness (QED) is 0.296. The SMILES string of the molecule is CCCCCN1CC=C[C@]23O[C@@]4(CC)C=CCCOC(=O)[C@H]4[C@H]2C(=O)N([C@@H](CO)Cc2ccccc2)C3C1=O. The highest BCUT2D eigenvalue weighted by atomic mass is 16.6. The summed E-state index contributed by atoms with van der Waals surface area (Å²) in [5.41, 5.74) is -1.45. The number of ether oxygens (including phenoxy) is 2. The molecule has 1 aromatic rings. The van der Waals surface area contributed by atoms with E-state index >= 15 is 0 Å². The molecule has 8 heteroatoms. The summed E-state index contributed by atoms with van der Waals surface area (Å²) >= 11 is 0. The molecular formula is C31H40N2O6. The minimum Gasteiger partial charge on any atom is -0.465 e. The Morgan fingerprint density at radius 3 is 2.54 bits per heavy atom. The predicted molar refractivity (Wildman–Crippen MR) is 145 cm³/mol. The standard InChI is InChI=1S/C31H40N2O6/c1-3-5-10-17-32-18-12-16-31-24(25-29(37)38-19-11-9-15-30(25,4-2)39-31)27(35)33(26(31)28(32)36)23(21-34)20-22-13-7-6-8-14-22/h6-9,12-16,23-26,34H,3-5,10-11,17-21H2,1-2H3/t23-,24+,25-,26?,30+,31+/m1/s1. The van der Waals surface area contributed by atoms with E-state index in [0.717, 1.165) is 24.8 Å². The first-order valence-electron chi connectivity index (χ1n) is 14.4. The minimum absolute atomic E-state index is 0.198. The summed E-state index contributed by atoms with van der Waals surface area (Å²) in [6.45, 7) is 4.95. The van der Waals surface area contributed by atoms with Gasteiger partial charge in [0.15, 0.2) is 0 Å². The average Bonchev–Trinajstić information content (AvgIpc) is 3.30. The molecule has 2 amide bonds. The van der Waals surface area contributed by atoms with Crippen LogP contribution in [0.4, 0.5) is 0 Å². The fraction of sp³-hybridized carbons (Fsp3) is 0.581. The highest BCUT2D eigenvalue weighted by molar-refractivity contribution is 5.99. The summed E-state index contributed by atoms with van der Waals surface area (Å²) in [4.78, 5) is 45.8. The lowest BCUT2D eigenvalue weighted by atomic mass is 9.73. The molecule has 4 aliphatic rings. The summed E-state index contributed by atoms with van der Waals surface area (Å²) in [6.07, 6.45) is 11.9. The summed E-state index contributed by atoms with van der Waals surface area (Å²) in [6, 6.07) is 7.99. The topological polar surface area (TPSA) is 96.4 Å². The molecule has 2 fully saturated rings. The molecule has 0 bridgehead atoms. The van der Waals surface area contributed by atoms with Crippen LogP contribution in [0.1, 0.15) is 51.5 Å². The van der Waals surface area contributed by atoms with Crippen molar-refractivity contribution >= 4 is 17.8 Å². The van der Waals surface area contributed by atoms with Crippen LogP contribution in [-0.2, 0) is 30.3 Å². The number of hydrogen-bond acceptors (Lipinski definition) is 6. The molecule has 1 spiro atoms. The van der Waals surface area contributed by atoms with Gasteiger partial charge in [0.2, 0.25) is 11.8 Å². The van der Waals surface area contributed by atoms with Gasteiger partial charge < -0.3 is 24.4 Å². The number of likely N-dealkylation sites (tertiary alicyclic amines) is 1. The highest BCUT2D eigenvalue weighted by Gasteiger charge is 2.75. The Bertz CT molecular complexity index is 1140. The molecule has 1 aromatic carbocycles. The molecule has 0 radical (unpaired) electrons. The van der Waals surface area contributed by atoms with Gasteiger partial charge in [-0.2, -0.15) is 0 Å². The zero-order valence-electron chi connectivity index (χ0n) is 23.0. The van der Waals surface area contributed by atoms with Crippen molar-refractivity contribution in [3.63, 3.8) is 0 Å². The van der Waals surface area contributed by atoms with Gasteiger partial charge in [-0.05, 0) is 31.2 Å². The van der Waals surface area contributed by atoms with E-state index in [9.17, 15) is 19.5 Å². The molecule has 4 aliphatic heterocycles. The number of aliphatic hydroxyl groups excluding tert-OH is 1. The van der Waals surface area contributed by atoms with Crippen LogP contribution in [-0.4, -0.2) is 82.3 Å². The number of cyclic esters (lactones) is 1. The van der Waals surface area contributed by atoms with Crippen molar-refractivity contribution in [2.45, 2.75) is 75.7 Å². The zero-order chi connectivity index (χ0) is 27.6. The first kappa shape index (κ1) is 27.6. The van der Waals surface area contributed by atoms with Crippen LogP contribution >= 0.6 is 0 Å². The van der Waals surface area contributed by atoms with Crippen LogP contribution in [0.15, 0.2) is 54.6 Å². The summed E-state index contributed by atoms with van der Waals surface area (Å²) in [7, 11) is 0. The second kappa shape index (κ2) is 11.3. The Labute approximate surface area is 230 Å². The van der Waals surface area contributed by atoms with E-state index in [4.69, 9.17) is 9.47 Å². The second-order valence-corrected chi connectivity index (χ2v) is 11.1. The lowest BCUT2D eigenvalue weighted by Gasteiger charge is -2.41. The average molecular weight is 537 g/mol. The number of unbranched alkanes of at least 4 members (excludes halogenated alkanes) is 2. The molecule has 6 atom stereocenters. The van der Waals surface area contributed by atoms with Gasteiger partial charge >= 0.3 is 5.97 Å². The molecule has 210 valence electrons. The number of rotatable bonds is 9. The van der Waals surface area contributed by atoms with Crippen LogP contribution in [0.5, 0.6) is 0 Å². The van der Waals surface area contributed by atoms with E-state index in [-0.39, 0.29) is 25.0 Å². The maximum atomic E-state index is 14.5. The zero-order valence-corrected chi connectivity index (χ0v) is 23.0. The maximum Gasteiger partial charge on any atom is 0.313 e. The predicted octanol–water partition coefficient (Wildman–Crippen LogP) is 3.04. The Kier molecular flexibility index (Phi) is 7.96. The smallest absolute Gasteiger partial charge is 0.313 e. The summed E-state index contributed by atoms with van der Waals surface area (Å²) in [5, 5.41) is 10.6. The Morgan fingerprint density at radius 2 is 1.82 bits per heavy atom. The lowest BCUT2D eigenvalue weighted by molar-refractivity contribution is -0.163. The number of hydrogen-bond donors (Lipinski definition) is 1. The van der Waals surface area contributed by atoms with E-state index in [1.807, 2.05) is 61.6 Å². The normalized spacial score (nSPS) is 32.7. The molecule has 39 heavy (non-hydrogen) atoms. The van der Waals surface area contributed by atoms with Gasteiger partial charge in [-0.1, -0.05) is 81.3 Å². The molecule has 0 saturated carbocycles. The van der Waals surface area contributed by atoms with Crippen LogP contribution < -0.4 is 0 Å². The van der Waals surface area contributed by atoms with E-state index in [2.05, 4.69) is 6.92 Å². The molecule has 2 saturated heterocycles. The Morgan fingerprint density at radius 1 is 1.03 bits per heavy atom. The molecule has 1 unspecified atom stereocenters. The molecule has 4 heterocycles. The third-order valence-electron chi connectivity index (χ3n) is 8.87. The minimum atomic E-state index is -1.34. The fourth-order valence-corrected chi connectivity index (χ4v) is 7.00. The van der Waals surface area contributed by atoms with Crippen molar-refractivity contribution in [3.05, 3.63) is 60.2 Å². The summed E-state index contributed by atoms with van der Waals surface area (Å²) in [5.74, 6) is -2.82. The number of esters is 1. The molecular weight excluding hydrogens is 496 g/mol. The van der Waals surface area contributed by atoms with Crippen molar-refractivity contribution in [1.29, 1.82) is 0 Å². The van der Waals surface area contributed by atoms with Gasteiger partial charge in [-0.3, -0.25) is 14.4 Å². The van der Waals surface area contributed by atoms with E-state index in [1.54, 1.807) is 4.90 Å². The van der Waals surface area contributed by atoms with Gasteiger partial charge in [0.25, 0.3) is 0 Å². The lowest BCUT2D eigenvalue weighted by Crippen LogP contribution is -2.59. The number of benzene rings is 1. The number of nitrogens with zero attached hydrogens (tertiary/aromatic N) is 2. The van der Waals surface area contributed by atoms with Crippen LogP contribution in [0.2, 0.25) is 0 Å². The number of amides is 2. The first-order valence-corrected chi connectivity index (χ1v) is 14.4. The number of carbonyl (C=O) groups is 3. The van der Waals surface area contributed by atoms with Crippen molar-refractivity contribution in [1.82, 2.24) is 9.80 Å². The van der Waals surface area contributed by atoms with Crippen LogP contribution in [0.3, 0.4) is 0 Å². The largest absolute Gasteiger partial charge is 0.465 e. The fourth-order valence-electron chi connectivity index (χ4n) is 7.00. The van der Waals surface area contributed by atoms with E-state index in [1.165, 1.54) is 4.90 Å². The van der Waals surface area contributed by atoms with Gasteiger partial charge in [0.1, 0.15) is 23.2 Å². The Hall–Kier alpha value is -2.97. The van der Waals surface area contributed by atoms with Crippen molar-refractivity contribution < 1.29 is 29.0 Å². The van der Waals surface area contributed by atoms with Gasteiger partial charge in [-0.15, -0.1) is 0 Å². The van der Waals surface area contributed by atoms with Gasteiger partial charge in [-0.25, -0.2) is 0 Å². The van der Waals surface area contributed by atoms with Crippen LogP contribution in [0.25, 0.3) is 0 Å². The van der Waals surface area contributed by atoms with Gasteiger partial charge in [0.05, 0.1) is 25.2 Å². The first-order chi connectivity index (χ1) is 18.9. The van der Waals surface area contributed by atoms with E-state index < -0.39 is 41.1 Å². The molecule has 5 rings (SSSR count). The van der Waals surface area contributed by atoms with E-state index in [0.29, 0.717) is 32.4 Å². The maximum absolute atomic E-state index is 14.5. The molecule has 0 aliphatic carbocycles. The molecule has 0 aromatic heterocycles. The number of carbonyl (C=O) groups excluding carboxylic acids is 3. The van der Waals surface area contributed by atoms with Crippen molar-refractivity contribution in [2.24, 2.45) is 11.8 Å². The van der Waals surface area contributed by atoms with Crippen molar-refractivity contribution in [3.8, 4) is 0 Å². The highest BCUT2D eigenvalue weighted by Crippen LogP contribution is 2.58. The third kappa shape index (κ3) is 4.61. The second-order valence-electron chi connectivity index (χ2n) is 11.1. The monoisotopic (exact) mass is 536 g/mol. The van der Waals surface area contributed by atoms with Gasteiger partial charge in [0, 0.05) is 13.1 Å². The van der Waals surface area contributed by atoms with Crippen LogP contribution in [0, 0.1) is 11.8 Å². The Balaban J connectivity index is 1.62. The number of aliphatic hydroxyl groups is 1.